The number of nitrogens with one attached hydrogen (secondary N) is 1. The first-order chi connectivity index (χ1) is 11.4. The zero-order valence-corrected chi connectivity index (χ0v) is 15.4. The number of rotatable bonds is 5. The quantitative estimate of drug-likeness (QED) is 0.864. The molecule has 2 unspecified atom stereocenters. The molecule has 2 aliphatic heterocycles. The summed E-state index contributed by atoms with van der Waals surface area (Å²) in [7, 11) is -3.56. The van der Waals surface area contributed by atoms with Gasteiger partial charge in [-0.3, -0.25) is 0 Å². The molecule has 0 bridgehead atoms. The van der Waals surface area contributed by atoms with E-state index in [1.54, 1.807) is 6.07 Å². The fraction of sp³-hybridized carbons (Fsp3) is 0.647. The Balaban J connectivity index is 1.47. The molecule has 2 heterocycles. The number of halogens is 1. The van der Waals surface area contributed by atoms with Crippen LogP contribution in [-0.4, -0.2) is 45.1 Å². The summed E-state index contributed by atoms with van der Waals surface area (Å²) >= 11 is 6.22. The molecule has 5 nitrogen and oxygen atoms in total. The number of hydrogen-bond acceptors (Lipinski definition) is 4. The molecule has 2 atom stereocenters. The lowest BCUT2D eigenvalue weighted by Crippen LogP contribution is -2.37. The zero-order chi connectivity index (χ0) is 16.9. The van der Waals surface area contributed by atoms with Gasteiger partial charge in [-0.25, -0.2) is 13.1 Å². The summed E-state index contributed by atoms with van der Waals surface area (Å²) in [5.41, 5.74) is 0.872. The molecule has 132 valence electrons. The maximum Gasteiger partial charge on any atom is 0.240 e. The van der Waals surface area contributed by atoms with Gasteiger partial charge in [0.05, 0.1) is 9.92 Å². The summed E-state index contributed by atoms with van der Waals surface area (Å²) in [4.78, 5) is 2.61. The molecule has 0 radical (unpaired) electrons. The van der Waals surface area contributed by atoms with Crippen LogP contribution in [0.5, 0.6) is 5.75 Å². The summed E-state index contributed by atoms with van der Waals surface area (Å²) in [6, 6.07) is 3.18. The van der Waals surface area contributed by atoms with Gasteiger partial charge in [0.1, 0.15) is 11.9 Å². The van der Waals surface area contributed by atoms with E-state index in [4.69, 9.17) is 16.3 Å². The van der Waals surface area contributed by atoms with Gasteiger partial charge in [-0.05, 0) is 50.8 Å². The molecule has 4 rings (SSSR count). The molecule has 1 aromatic rings. The number of ether oxygens (including phenoxy) is 1. The monoisotopic (exact) mass is 370 g/mol. The van der Waals surface area contributed by atoms with Crippen LogP contribution in [0.25, 0.3) is 0 Å². The van der Waals surface area contributed by atoms with E-state index in [9.17, 15) is 8.42 Å². The van der Waals surface area contributed by atoms with Gasteiger partial charge >= 0.3 is 0 Å². The van der Waals surface area contributed by atoms with Crippen molar-refractivity contribution in [1.82, 2.24) is 9.62 Å². The van der Waals surface area contributed by atoms with Crippen LogP contribution in [0.3, 0.4) is 0 Å². The predicted molar refractivity (Wildman–Crippen MR) is 93.1 cm³/mol. The molecule has 1 aromatic carbocycles. The van der Waals surface area contributed by atoms with Crippen LogP contribution in [0.4, 0.5) is 0 Å². The van der Waals surface area contributed by atoms with Crippen LogP contribution in [0.2, 0.25) is 5.02 Å². The largest absolute Gasteiger partial charge is 0.489 e. The Morgan fingerprint density at radius 2 is 2.12 bits per heavy atom. The Bertz CT molecular complexity index is 748. The lowest BCUT2D eigenvalue weighted by molar-refractivity contribution is 0.255. The highest BCUT2D eigenvalue weighted by molar-refractivity contribution is 7.89. The van der Waals surface area contributed by atoms with Crippen molar-refractivity contribution < 1.29 is 13.2 Å². The minimum Gasteiger partial charge on any atom is -0.489 e. The molecular formula is C17H23ClN2O3S. The summed E-state index contributed by atoms with van der Waals surface area (Å²) in [5.74, 6) is 1.46. The third-order valence-electron chi connectivity index (χ3n) is 5.04. The second-order valence-electron chi connectivity index (χ2n) is 7.34. The van der Waals surface area contributed by atoms with Gasteiger partial charge in [-0.15, -0.1) is 0 Å². The maximum absolute atomic E-state index is 12.7. The van der Waals surface area contributed by atoms with E-state index in [-0.39, 0.29) is 17.0 Å². The molecule has 1 saturated carbocycles. The summed E-state index contributed by atoms with van der Waals surface area (Å²) in [6.07, 6.45) is 4.23. The third-order valence-corrected chi connectivity index (χ3v) is 6.82. The van der Waals surface area contributed by atoms with Crippen LogP contribution in [0, 0.1) is 5.92 Å². The Labute approximate surface area is 148 Å². The summed E-state index contributed by atoms with van der Waals surface area (Å²) in [5, 5.41) is 0.374. The van der Waals surface area contributed by atoms with Crippen molar-refractivity contribution in [3.8, 4) is 5.75 Å². The van der Waals surface area contributed by atoms with Gasteiger partial charge < -0.3 is 9.64 Å². The average Bonchev–Trinajstić information content (AvgIpc) is 3.07. The first-order valence-electron chi connectivity index (χ1n) is 8.64. The Morgan fingerprint density at radius 3 is 2.88 bits per heavy atom. The SMILES string of the molecule is CC1Cc2cc(S(=O)(=O)NC3CCN(CC4CC4)C3)cc(Cl)c2O1. The molecule has 1 aliphatic carbocycles. The van der Waals surface area contributed by atoms with Crippen LogP contribution in [-0.2, 0) is 16.4 Å². The number of benzene rings is 1. The first-order valence-corrected chi connectivity index (χ1v) is 10.5. The number of hydrogen-bond donors (Lipinski definition) is 1. The third kappa shape index (κ3) is 3.43. The van der Waals surface area contributed by atoms with E-state index in [0.717, 1.165) is 37.5 Å². The van der Waals surface area contributed by atoms with Crippen molar-refractivity contribution in [2.75, 3.05) is 19.6 Å². The van der Waals surface area contributed by atoms with Crippen LogP contribution < -0.4 is 9.46 Å². The number of nitrogens with zero attached hydrogens (tertiary/aromatic N) is 1. The van der Waals surface area contributed by atoms with Crippen molar-refractivity contribution in [1.29, 1.82) is 0 Å². The van der Waals surface area contributed by atoms with Gasteiger partial charge in [0.2, 0.25) is 10.0 Å². The highest BCUT2D eigenvalue weighted by Gasteiger charge is 2.32. The van der Waals surface area contributed by atoms with Crippen molar-refractivity contribution in [3.05, 3.63) is 22.7 Å². The normalized spacial score (nSPS) is 27.2. The molecule has 24 heavy (non-hydrogen) atoms. The second kappa shape index (κ2) is 6.16. The molecule has 0 aromatic heterocycles. The van der Waals surface area contributed by atoms with Crippen molar-refractivity contribution in [2.45, 2.75) is 49.6 Å². The number of sulfonamides is 1. The van der Waals surface area contributed by atoms with Crippen molar-refractivity contribution >= 4 is 21.6 Å². The Hall–Kier alpha value is -0.820. The number of likely N-dealkylation sites (tertiary alicyclic amines) is 1. The van der Waals surface area contributed by atoms with Crippen molar-refractivity contribution in [2.24, 2.45) is 5.92 Å². The topological polar surface area (TPSA) is 58.6 Å². The lowest BCUT2D eigenvalue weighted by Gasteiger charge is -2.16. The van der Waals surface area contributed by atoms with Gasteiger partial charge in [0.25, 0.3) is 0 Å². The average molecular weight is 371 g/mol. The van der Waals surface area contributed by atoms with E-state index < -0.39 is 10.0 Å². The molecule has 0 spiro atoms. The lowest BCUT2D eigenvalue weighted by atomic mass is 10.1. The van der Waals surface area contributed by atoms with Crippen LogP contribution >= 0.6 is 11.6 Å². The minimum absolute atomic E-state index is 0.0176. The Kier molecular flexibility index (Phi) is 4.27. The van der Waals surface area contributed by atoms with Gasteiger partial charge in [0, 0.05) is 31.1 Å². The summed E-state index contributed by atoms with van der Waals surface area (Å²) < 4.78 is 34.0. The fourth-order valence-corrected chi connectivity index (χ4v) is 5.35. The molecule has 3 aliphatic rings. The van der Waals surface area contributed by atoms with Gasteiger partial charge in [0.15, 0.2) is 0 Å². The maximum atomic E-state index is 12.7. The fourth-order valence-electron chi connectivity index (χ4n) is 3.66. The van der Waals surface area contributed by atoms with E-state index in [2.05, 4.69) is 9.62 Å². The molecule has 0 amide bonds. The second-order valence-corrected chi connectivity index (χ2v) is 9.46. The standard InChI is InChI=1S/C17H23ClN2O3S/c1-11-6-13-7-15(8-16(18)17(13)23-11)24(21,22)19-14-4-5-20(10-14)9-12-2-3-12/h7-8,11-12,14,19H,2-6,9-10H2,1H3. The van der Waals surface area contributed by atoms with E-state index >= 15 is 0 Å². The number of fused-ring (bicyclic) bond motifs is 1. The highest BCUT2D eigenvalue weighted by Crippen LogP contribution is 2.38. The molecule has 1 N–H and O–H groups in total. The van der Waals surface area contributed by atoms with E-state index in [1.807, 2.05) is 6.92 Å². The van der Waals surface area contributed by atoms with Crippen LogP contribution in [0.1, 0.15) is 31.7 Å². The molecule has 2 fully saturated rings. The Morgan fingerprint density at radius 1 is 1.33 bits per heavy atom. The van der Waals surface area contributed by atoms with Crippen LogP contribution in [0.15, 0.2) is 17.0 Å². The zero-order valence-electron chi connectivity index (χ0n) is 13.8. The molecule has 7 heteroatoms. The minimum atomic E-state index is -3.56. The first kappa shape index (κ1) is 16.6. The summed E-state index contributed by atoms with van der Waals surface area (Å²) in [6.45, 7) is 4.84. The van der Waals surface area contributed by atoms with Crippen molar-refractivity contribution in [3.63, 3.8) is 0 Å². The van der Waals surface area contributed by atoms with Gasteiger partial charge in [-0.2, -0.15) is 0 Å². The predicted octanol–water partition coefficient (Wildman–Crippen LogP) is 2.43. The van der Waals surface area contributed by atoms with E-state index in [1.165, 1.54) is 18.9 Å². The smallest absolute Gasteiger partial charge is 0.240 e. The molecule has 1 saturated heterocycles. The van der Waals surface area contributed by atoms with Gasteiger partial charge in [-0.1, -0.05) is 11.6 Å². The van der Waals surface area contributed by atoms with E-state index in [0.29, 0.717) is 17.2 Å². The highest BCUT2D eigenvalue weighted by atomic mass is 35.5. The molecular weight excluding hydrogens is 348 g/mol.